The summed E-state index contributed by atoms with van der Waals surface area (Å²) < 4.78 is 5.66. The molecule has 0 amide bonds. The van der Waals surface area contributed by atoms with Gasteiger partial charge in [0.2, 0.25) is 0 Å². The van der Waals surface area contributed by atoms with E-state index in [1.807, 2.05) is 55.5 Å². The minimum atomic E-state index is 0.0284. The average molecular weight is 435 g/mol. The number of nitrogens with one attached hydrogen (secondary N) is 1. The summed E-state index contributed by atoms with van der Waals surface area (Å²) in [5.41, 5.74) is 3.58. The van der Waals surface area contributed by atoms with E-state index in [-0.39, 0.29) is 3.92 Å². The summed E-state index contributed by atoms with van der Waals surface area (Å²) in [7, 11) is 0. The van der Waals surface area contributed by atoms with Gasteiger partial charge < -0.3 is 4.74 Å². The maximum atomic E-state index is 8.15. The van der Waals surface area contributed by atoms with E-state index in [9.17, 15) is 0 Å². The molecule has 1 N–H and O–H groups in total. The second kappa shape index (κ2) is 11.8. The van der Waals surface area contributed by atoms with Crippen LogP contribution in [0.2, 0.25) is 0 Å². The molecule has 0 heterocycles. The van der Waals surface area contributed by atoms with E-state index in [1.165, 1.54) is 11.1 Å². The third-order valence-electron chi connectivity index (χ3n) is 3.58. The molecule has 0 aromatic heterocycles. The van der Waals surface area contributed by atoms with Gasteiger partial charge in [0.25, 0.3) is 0 Å². The van der Waals surface area contributed by atoms with Crippen molar-refractivity contribution < 1.29 is 4.74 Å². The first kappa shape index (κ1) is 20.4. The van der Waals surface area contributed by atoms with Crippen molar-refractivity contribution in [2.24, 2.45) is 0 Å². The molecule has 0 aromatic rings. The highest BCUT2D eigenvalue weighted by atomic mass is 127. The van der Waals surface area contributed by atoms with Crippen LogP contribution in [0.5, 0.6) is 0 Å². The fourth-order valence-corrected chi connectivity index (χ4v) is 2.75. The van der Waals surface area contributed by atoms with Gasteiger partial charge >= 0.3 is 0 Å². The minimum absolute atomic E-state index is 0.0284. The Morgan fingerprint density at radius 1 is 1.29 bits per heavy atom. The van der Waals surface area contributed by atoms with Gasteiger partial charge in [-0.3, -0.25) is 5.41 Å². The monoisotopic (exact) mass is 435 g/mol. The van der Waals surface area contributed by atoms with E-state index in [4.69, 9.17) is 10.1 Å². The fourth-order valence-electron chi connectivity index (χ4n) is 2.10. The summed E-state index contributed by atoms with van der Waals surface area (Å²) in [5.74, 6) is 0.334. The summed E-state index contributed by atoms with van der Waals surface area (Å²) in [6.45, 7) is 8.40. The van der Waals surface area contributed by atoms with Crippen LogP contribution >= 0.6 is 22.6 Å². The van der Waals surface area contributed by atoms with Crippen molar-refractivity contribution in [2.75, 3.05) is 6.61 Å². The minimum Gasteiger partial charge on any atom is -0.480 e. The van der Waals surface area contributed by atoms with Gasteiger partial charge in [0.05, 0.1) is 10.5 Å². The second-order valence-corrected chi connectivity index (χ2v) is 6.92. The summed E-state index contributed by atoms with van der Waals surface area (Å²) in [4.78, 5) is 0. The van der Waals surface area contributed by atoms with Crippen molar-refractivity contribution in [3.8, 4) is 0 Å². The van der Waals surface area contributed by atoms with Crippen LogP contribution in [0.1, 0.15) is 26.7 Å². The van der Waals surface area contributed by atoms with E-state index in [0.29, 0.717) is 12.5 Å². The van der Waals surface area contributed by atoms with Crippen LogP contribution in [0.3, 0.4) is 0 Å². The topological polar surface area (TPSA) is 33.1 Å². The summed E-state index contributed by atoms with van der Waals surface area (Å²) in [6, 6.07) is 0. The number of ether oxygens (including phenoxy) is 1. The molecule has 0 unspecified atom stereocenters. The normalized spacial score (nSPS) is 23.2. The predicted octanol–water partition coefficient (Wildman–Crippen LogP) is 6.25. The van der Waals surface area contributed by atoms with Crippen LogP contribution < -0.4 is 0 Å². The fraction of sp³-hybridized carbons (Fsp3) is 0.286. The van der Waals surface area contributed by atoms with Crippen molar-refractivity contribution in [1.29, 1.82) is 5.41 Å². The molecule has 0 aromatic carbocycles. The van der Waals surface area contributed by atoms with Crippen molar-refractivity contribution >= 4 is 28.5 Å². The molecule has 0 saturated heterocycles. The molecule has 0 radical (unpaired) electrons. The smallest absolute Gasteiger partial charge is 0.194 e. The van der Waals surface area contributed by atoms with Gasteiger partial charge in [0, 0.05) is 6.42 Å². The zero-order valence-electron chi connectivity index (χ0n) is 14.5. The molecule has 1 aliphatic carbocycles. The Morgan fingerprint density at radius 3 is 2.67 bits per heavy atom. The number of alkyl halides is 1. The van der Waals surface area contributed by atoms with E-state index in [2.05, 4.69) is 48.2 Å². The Bertz CT molecular complexity index is 618. The van der Waals surface area contributed by atoms with Gasteiger partial charge in [0.1, 0.15) is 0 Å². The van der Waals surface area contributed by atoms with E-state index in [1.54, 1.807) is 0 Å². The maximum absolute atomic E-state index is 8.15. The largest absolute Gasteiger partial charge is 0.480 e. The lowest BCUT2D eigenvalue weighted by Gasteiger charge is -2.15. The molecule has 128 valence electrons. The lowest BCUT2D eigenvalue weighted by atomic mass is 10.0. The first-order valence-corrected chi connectivity index (χ1v) is 9.33. The standard InChI is InChI=1S/C21H26INO/c1-4-6-12-18(5-2)14-15-24-21(23)20(22)16-19-13-10-8-7-9-11-17(19)3/h4-13,20,23H,2,14-16H2,1,3H3/b6-4-,8-7-,9-7?,10-8?,11-9-,13-10+,17-11?,18-12+,19-13?,19-17-,23-21?/t20-/m0/s1. The van der Waals surface area contributed by atoms with E-state index in [0.717, 1.165) is 18.4 Å². The Balaban J connectivity index is 2.53. The zero-order chi connectivity index (χ0) is 17.8. The average Bonchev–Trinajstić information content (AvgIpc) is 2.57. The molecule has 0 fully saturated rings. The van der Waals surface area contributed by atoms with Crippen molar-refractivity contribution in [1.82, 2.24) is 0 Å². The highest BCUT2D eigenvalue weighted by molar-refractivity contribution is 14.1. The Morgan fingerprint density at radius 2 is 2.00 bits per heavy atom. The van der Waals surface area contributed by atoms with Gasteiger partial charge in [-0.15, -0.1) is 0 Å². The highest BCUT2D eigenvalue weighted by Gasteiger charge is 2.14. The molecule has 24 heavy (non-hydrogen) atoms. The first-order chi connectivity index (χ1) is 11.6. The molecule has 0 bridgehead atoms. The summed E-state index contributed by atoms with van der Waals surface area (Å²) >= 11 is 2.29. The lowest BCUT2D eigenvalue weighted by Crippen LogP contribution is -2.18. The number of hydrogen-bond acceptors (Lipinski definition) is 2. The first-order valence-electron chi connectivity index (χ1n) is 8.09. The quantitative estimate of drug-likeness (QED) is 0.158. The van der Waals surface area contributed by atoms with Crippen LogP contribution in [0, 0.1) is 5.41 Å². The molecular formula is C21H26INO. The Kier molecular flexibility index (Phi) is 10.1. The third-order valence-corrected chi connectivity index (χ3v) is 4.59. The van der Waals surface area contributed by atoms with Gasteiger partial charge in [-0.1, -0.05) is 89.9 Å². The molecular weight excluding hydrogens is 409 g/mol. The molecule has 1 atom stereocenters. The van der Waals surface area contributed by atoms with Crippen molar-refractivity contribution in [3.05, 3.63) is 84.1 Å². The van der Waals surface area contributed by atoms with Gasteiger partial charge in [-0.25, -0.2) is 0 Å². The SMILES string of the molecule is C=C/C(=C\C=C/C)CCOC(=N)[C@@H](I)CC1=C(C)\C=C/C=C\C=C\1. The van der Waals surface area contributed by atoms with Crippen LogP contribution in [0.25, 0.3) is 0 Å². The second-order valence-electron chi connectivity index (χ2n) is 5.42. The van der Waals surface area contributed by atoms with Gasteiger partial charge in [-0.05, 0) is 37.0 Å². The number of halogens is 1. The van der Waals surface area contributed by atoms with Crippen LogP contribution in [0.4, 0.5) is 0 Å². The lowest BCUT2D eigenvalue weighted by molar-refractivity contribution is 0.300. The van der Waals surface area contributed by atoms with Crippen LogP contribution in [-0.2, 0) is 4.74 Å². The molecule has 0 aliphatic heterocycles. The van der Waals surface area contributed by atoms with Crippen LogP contribution in [0.15, 0.2) is 84.1 Å². The molecule has 0 saturated carbocycles. The van der Waals surface area contributed by atoms with E-state index < -0.39 is 0 Å². The number of hydrogen-bond donors (Lipinski definition) is 1. The van der Waals surface area contributed by atoms with E-state index >= 15 is 0 Å². The Hall–Kier alpha value is -1.62. The number of rotatable bonds is 8. The number of allylic oxidation sites excluding steroid dienone is 12. The zero-order valence-corrected chi connectivity index (χ0v) is 16.6. The summed E-state index contributed by atoms with van der Waals surface area (Å²) in [5, 5.41) is 8.15. The molecule has 2 nitrogen and oxygen atoms in total. The molecule has 3 heteroatoms. The molecule has 1 aliphatic rings. The Labute approximate surface area is 159 Å². The van der Waals surface area contributed by atoms with Crippen molar-refractivity contribution in [2.45, 2.75) is 30.6 Å². The van der Waals surface area contributed by atoms with Crippen molar-refractivity contribution in [3.63, 3.8) is 0 Å². The maximum Gasteiger partial charge on any atom is 0.194 e. The third kappa shape index (κ3) is 7.77. The van der Waals surface area contributed by atoms with Gasteiger partial charge in [-0.2, -0.15) is 0 Å². The highest BCUT2D eigenvalue weighted by Crippen LogP contribution is 2.21. The van der Waals surface area contributed by atoms with Crippen LogP contribution in [-0.4, -0.2) is 16.4 Å². The molecule has 1 rings (SSSR count). The summed E-state index contributed by atoms with van der Waals surface area (Å²) in [6.07, 6.45) is 21.7. The van der Waals surface area contributed by atoms with Gasteiger partial charge in [0.15, 0.2) is 5.90 Å². The molecule has 0 spiro atoms. The predicted molar refractivity (Wildman–Crippen MR) is 114 cm³/mol.